The van der Waals surface area contributed by atoms with E-state index < -0.39 is 0 Å². The zero-order chi connectivity index (χ0) is 15.0. The van der Waals surface area contributed by atoms with Gasteiger partial charge in [0.15, 0.2) is 0 Å². The summed E-state index contributed by atoms with van der Waals surface area (Å²) in [4.78, 5) is 9.56. The van der Waals surface area contributed by atoms with E-state index in [-0.39, 0.29) is 6.10 Å². The molecule has 1 N–H and O–H groups in total. The van der Waals surface area contributed by atoms with Gasteiger partial charge in [0.05, 0.1) is 16.8 Å². The lowest BCUT2D eigenvalue weighted by atomic mass is 9.90. The van der Waals surface area contributed by atoms with Crippen LogP contribution in [-0.2, 0) is 6.54 Å². The van der Waals surface area contributed by atoms with Crippen molar-refractivity contribution in [3.8, 4) is 0 Å². The van der Waals surface area contributed by atoms with Crippen molar-refractivity contribution in [3.63, 3.8) is 0 Å². The van der Waals surface area contributed by atoms with Gasteiger partial charge < -0.3 is 5.11 Å². The summed E-state index contributed by atoms with van der Waals surface area (Å²) in [5, 5.41) is 13.8. The van der Waals surface area contributed by atoms with Crippen molar-refractivity contribution in [1.29, 1.82) is 0 Å². The van der Waals surface area contributed by atoms with Crippen LogP contribution in [0.5, 0.6) is 0 Å². The quantitative estimate of drug-likeness (QED) is 0.940. The van der Waals surface area contributed by atoms with Crippen molar-refractivity contribution in [1.82, 2.24) is 9.88 Å². The summed E-state index contributed by atoms with van der Waals surface area (Å²) in [5.74, 6) is 0.311. The third kappa shape index (κ3) is 3.21. The SMILES string of the molecule is Cc1nc(C)c(CN2CC[C@@H](c3sccc3C)[C@H](O)C2)s1. The number of aryl methyl sites for hydroxylation is 3. The van der Waals surface area contributed by atoms with Crippen LogP contribution in [0.2, 0.25) is 0 Å². The van der Waals surface area contributed by atoms with Crippen LogP contribution in [0.3, 0.4) is 0 Å². The molecule has 0 radical (unpaired) electrons. The van der Waals surface area contributed by atoms with E-state index in [9.17, 15) is 5.11 Å². The average Bonchev–Trinajstić information content (AvgIpc) is 2.96. The van der Waals surface area contributed by atoms with E-state index in [4.69, 9.17) is 0 Å². The van der Waals surface area contributed by atoms with Gasteiger partial charge in [0.1, 0.15) is 0 Å². The number of hydrogen-bond acceptors (Lipinski definition) is 5. The summed E-state index contributed by atoms with van der Waals surface area (Å²) in [7, 11) is 0. The maximum absolute atomic E-state index is 10.5. The predicted octanol–water partition coefficient (Wildman–Crippen LogP) is 3.48. The first-order valence-corrected chi connectivity index (χ1v) is 9.11. The fourth-order valence-corrected chi connectivity index (χ4v) is 5.24. The summed E-state index contributed by atoms with van der Waals surface area (Å²) < 4.78 is 0. The molecule has 3 nitrogen and oxygen atoms in total. The molecule has 2 aromatic rings. The molecule has 3 heterocycles. The molecule has 1 fully saturated rings. The number of likely N-dealkylation sites (tertiary alicyclic amines) is 1. The molecule has 1 aliphatic rings. The minimum Gasteiger partial charge on any atom is -0.391 e. The van der Waals surface area contributed by atoms with E-state index in [1.165, 1.54) is 15.3 Å². The molecule has 0 spiro atoms. The Bertz CT molecular complexity index is 620. The van der Waals surface area contributed by atoms with Crippen LogP contribution < -0.4 is 0 Å². The highest BCUT2D eigenvalue weighted by Crippen LogP contribution is 2.34. The van der Waals surface area contributed by atoms with Gasteiger partial charge in [-0.2, -0.15) is 0 Å². The molecule has 2 aromatic heterocycles. The van der Waals surface area contributed by atoms with Gasteiger partial charge in [-0.15, -0.1) is 22.7 Å². The van der Waals surface area contributed by atoms with Crippen LogP contribution >= 0.6 is 22.7 Å². The minimum absolute atomic E-state index is 0.259. The van der Waals surface area contributed by atoms with Crippen molar-refractivity contribution < 1.29 is 5.11 Å². The molecule has 2 atom stereocenters. The smallest absolute Gasteiger partial charge is 0.0900 e. The molecule has 114 valence electrons. The van der Waals surface area contributed by atoms with Crippen LogP contribution in [0.4, 0.5) is 0 Å². The average molecular weight is 322 g/mol. The first-order chi connectivity index (χ1) is 10.0. The number of hydrogen-bond donors (Lipinski definition) is 1. The monoisotopic (exact) mass is 322 g/mol. The molecule has 3 rings (SSSR count). The van der Waals surface area contributed by atoms with E-state index in [1.807, 2.05) is 0 Å². The zero-order valence-electron chi connectivity index (χ0n) is 12.8. The highest BCUT2D eigenvalue weighted by atomic mass is 32.1. The van der Waals surface area contributed by atoms with Gasteiger partial charge in [0.25, 0.3) is 0 Å². The Labute approximate surface area is 134 Å². The van der Waals surface area contributed by atoms with Crippen LogP contribution in [0.25, 0.3) is 0 Å². The standard InChI is InChI=1S/C16H22N2OS2/c1-10-5-7-20-16(10)13-4-6-18(8-14(13)19)9-15-11(2)17-12(3)21-15/h5,7,13-14,19H,4,6,8-9H2,1-3H3/t13-,14-/m1/s1. The van der Waals surface area contributed by atoms with E-state index in [0.717, 1.165) is 36.8 Å². The lowest BCUT2D eigenvalue weighted by molar-refractivity contribution is 0.0489. The lowest BCUT2D eigenvalue weighted by Crippen LogP contribution is -2.42. The fourth-order valence-electron chi connectivity index (χ4n) is 3.13. The number of aliphatic hydroxyl groups excluding tert-OH is 1. The first kappa shape index (κ1) is 15.2. The molecule has 21 heavy (non-hydrogen) atoms. The Morgan fingerprint density at radius 3 is 2.76 bits per heavy atom. The van der Waals surface area contributed by atoms with Gasteiger partial charge in [-0.1, -0.05) is 0 Å². The second-order valence-corrected chi connectivity index (χ2v) is 8.14. The highest BCUT2D eigenvalue weighted by molar-refractivity contribution is 7.11. The molecule has 0 unspecified atom stereocenters. The number of thiophene rings is 1. The van der Waals surface area contributed by atoms with Gasteiger partial charge in [0.2, 0.25) is 0 Å². The molecular formula is C16H22N2OS2. The van der Waals surface area contributed by atoms with Gasteiger partial charge in [0, 0.05) is 28.8 Å². The van der Waals surface area contributed by atoms with Gasteiger partial charge in [-0.25, -0.2) is 4.98 Å². The highest BCUT2D eigenvalue weighted by Gasteiger charge is 2.30. The second kappa shape index (κ2) is 6.16. The predicted molar refractivity (Wildman–Crippen MR) is 89.3 cm³/mol. The van der Waals surface area contributed by atoms with E-state index in [2.05, 4.69) is 42.1 Å². The largest absolute Gasteiger partial charge is 0.391 e. The van der Waals surface area contributed by atoms with Gasteiger partial charge in [-0.3, -0.25) is 4.90 Å². The summed E-state index contributed by atoms with van der Waals surface area (Å²) in [6.45, 7) is 9.02. The Morgan fingerprint density at radius 2 is 2.19 bits per heavy atom. The summed E-state index contributed by atoms with van der Waals surface area (Å²) in [6, 6.07) is 2.16. The minimum atomic E-state index is -0.259. The summed E-state index contributed by atoms with van der Waals surface area (Å²) in [6.07, 6.45) is 0.782. The topological polar surface area (TPSA) is 36.4 Å². The molecular weight excluding hydrogens is 300 g/mol. The number of nitrogens with zero attached hydrogens (tertiary/aromatic N) is 2. The molecule has 0 saturated carbocycles. The fraction of sp³-hybridized carbons (Fsp3) is 0.562. The first-order valence-electron chi connectivity index (χ1n) is 7.42. The van der Waals surface area contributed by atoms with E-state index in [0.29, 0.717) is 5.92 Å². The summed E-state index contributed by atoms with van der Waals surface area (Å²) >= 11 is 3.56. The van der Waals surface area contributed by atoms with Crippen molar-refractivity contribution in [2.45, 2.75) is 45.8 Å². The second-order valence-electron chi connectivity index (χ2n) is 5.91. The normalized spacial score (nSPS) is 23.6. The number of aromatic nitrogens is 1. The Morgan fingerprint density at radius 1 is 1.38 bits per heavy atom. The van der Waals surface area contributed by atoms with Crippen LogP contribution in [-0.4, -0.2) is 34.2 Å². The molecule has 0 aliphatic carbocycles. The zero-order valence-corrected chi connectivity index (χ0v) is 14.4. The van der Waals surface area contributed by atoms with E-state index in [1.54, 1.807) is 22.7 Å². The molecule has 0 bridgehead atoms. The van der Waals surface area contributed by atoms with Crippen LogP contribution in [0, 0.1) is 20.8 Å². The molecule has 0 aromatic carbocycles. The maximum atomic E-state index is 10.5. The number of rotatable bonds is 3. The Balaban J connectivity index is 1.66. The number of aliphatic hydroxyl groups is 1. The maximum Gasteiger partial charge on any atom is 0.0900 e. The molecule has 0 amide bonds. The van der Waals surface area contributed by atoms with Crippen LogP contribution in [0.1, 0.15) is 38.4 Å². The Hall–Kier alpha value is -0.750. The third-order valence-corrected chi connectivity index (χ3v) is 6.48. The van der Waals surface area contributed by atoms with E-state index >= 15 is 0 Å². The van der Waals surface area contributed by atoms with Crippen molar-refractivity contribution in [2.24, 2.45) is 0 Å². The summed E-state index contributed by atoms with van der Waals surface area (Å²) in [5.41, 5.74) is 2.47. The van der Waals surface area contributed by atoms with Gasteiger partial charge >= 0.3 is 0 Å². The Kier molecular flexibility index (Phi) is 4.45. The van der Waals surface area contributed by atoms with Gasteiger partial charge in [-0.05, 0) is 50.7 Å². The van der Waals surface area contributed by atoms with Crippen molar-refractivity contribution >= 4 is 22.7 Å². The third-order valence-electron chi connectivity index (χ3n) is 4.27. The van der Waals surface area contributed by atoms with Crippen molar-refractivity contribution in [2.75, 3.05) is 13.1 Å². The molecule has 5 heteroatoms. The number of piperidine rings is 1. The molecule has 1 saturated heterocycles. The molecule has 1 aliphatic heterocycles. The number of thiazole rings is 1. The number of β-amino-alcohol motifs (C(OH)–C–C–N with tert-alkyl or cyclic N) is 1. The van der Waals surface area contributed by atoms with Crippen LogP contribution in [0.15, 0.2) is 11.4 Å². The van der Waals surface area contributed by atoms with Crippen molar-refractivity contribution in [3.05, 3.63) is 37.5 Å². The lowest BCUT2D eigenvalue weighted by Gasteiger charge is -2.35.